The number of rotatable bonds is 4. The first kappa shape index (κ1) is 23.6. The molecule has 3 saturated carbocycles. The van der Waals surface area contributed by atoms with Crippen molar-refractivity contribution in [2.45, 2.75) is 97.2 Å². The molecule has 0 aromatic heterocycles. The standard InChI is InChI=1S/C29H46N2O2/c1-18(2)7-12-27(32)33-26-16-25-22(9-8-20-15-21(30-5)13-14-28(20,25)4)24-11-10-23-19(3)31(6)17-29(23,24)26/h7-8,19,21-26,30H,9-17H2,1-6H3/t19-,21-,22-,23+,24-,25-,26+,28-,29+/m0/s1. The van der Waals surface area contributed by atoms with E-state index < -0.39 is 0 Å². The second-order valence-corrected chi connectivity index (χ2v) is 12.6. The lowest BCUT2D eigenvalue weighted by molar-refractivity contribution is -0.177. The minimum atomic E-state index is -0.0174. The Morgan fingerprint density at radius 2 is 2.00 bits per heavy atom. The molecule has 4 fully saturated rings. The van der Waals surface area contributed by atoms with Gasteiger partial charge < -0.3 is 15.0 Å². The van der Waals surface area contributed by atoms with Crippen molar-refractivity contribution in [1.29, 1.82) is 0 Å². The largest absolute Gasteiger partial charge is 0.461 e. The predicted octanol–water partition coefficient (Wildman–Crippen LogP) is 5.35. The fourth-order valence-corrected chi connectivity index (χ4v) is 9.29. The number of allylic oxidation sites excluding steroid dienone is 2. The Morgan fingerprint density at radius 3 is 2.73 bits per heavy atom. The van der Waals surface area contributed by atoms with Gasteiger partial charge in [0.15, 0.2) is 0 Å². The average Bonchev–Trinajstić information content (AvgIpc) is 3.27. The second-order valence-electron chi connectivity index (χ2n) is 12.6. The number of carbonyl (C=O) groups excluding carboxylic acids is 1. The summed E-state index contributed by atoms with van der Waals surface area (Å²) in [4.78, 5) is 15.6. The van der Waals surface area contributed by atoms with Gasteiger partial charge in [-0.15, -0.1) is 0 Å². The molecule has 0 aromatic rings. The third-order valence-electron chi connectivity index (χ3n) is 11.1. The van der Waals surface area contributed by atoms with E-state index in [-0.39, 0.29) is 22.9 Å². The highest BCUT2D eigenvalue weighted by Crippen LogP contribution is 2.69. The molecule has 4 aliphatic carbocycles. The molecule has 1 aliphatic heterocycles. The molecule has 33 heavy (non-hydrogen) atoms. The minimum absolute atomic E-state index is 0.0174. The van der Waals surface area contributed by atoms with E-state index in [1.807, 2.05) is 6.08 Å². The number of esters is 1. The SMILES string of the molecule is CN[C@H]1CC[C@@]2(C)C(=CC[C@H]3[C@@H]4CC[C@@H]5[C@H](C)N(C)C[C@@]54[C@H](OC(=O)CC=C(C)C)C[C@@H]32)C1. The van der Waals surface area contributed by atoms with Crippen LogP contribution < -0.4 is 5.32 Å². The first-order valence-electron chi connectivity index (χ1n) is 13.6. The summed E-state index contributed by atoms with van der Waals surface area (Å²) in [5.74, 6) is 2.73. The van der Waals surface area contributed by atoms with E-state index in [4.69, 9.17) is 4.74 Å². The van der Waals surface area contributed by atoms with Gasteiger partial charge in [-0.3, -0.25) is 4.79 Å². The fraction of sp³-hybridized carbons (Fsp3) is 0.828. The molecule has 1 saturated heterocycles. The molecule has 5 rings (SSSR count). The van der Waals surface area contributed by atoms with Crippen LogP contribution in [0.2, 0.25) is 0 Å². The Kier molecular flexibility index (Phi) is 6.09. The molecule has 1 heterocycles. The highest BCUT2D eigenvalue weighted by atomic mass is 16.5. The van der Waals surface area contributed by atoms with Crippen LogP contribution in [0.25, 0.3) is 0 Å². The topological polar surface area (TPSA) is 41.6 Å². The zero-order valence-electron chi connectivity index (χ0n) is 21.8. The van der Waals surface area contributed by atoms with Crippen molar-refractivity contribution in [2.75, 3.05) is 20.6 Å². The maximum atomic E-state index is 13.1. The molecule has 9 atom stereocenters. The monoisotopic (exact) mass is 454 g/mol. The summed E-state index contributed by atoms with van der Waals surface area (Å²) in [5, 5.41) is 3.54. The zero-order chi connectivity index (χ0) is 23.5. The van der Waals surface area contributed by atoms with Gasteiger partial charge in [-0.05, 0) is 109 Å². The van der Waals surface area contributed by atoms with Gasteiger partial charge in [-0.1, -0.05) is 30.2 Å². The maximum absolute atomic E-state index is 13.1. The summed E-state index contributed by atoms with van der Waals surface area (Å²) in [6.45, 7) is 10.2. The van der Waals surface area contributed by atoms with Crippen LogP contribution in [-0.2, 0) is 9.53 Å². The maximum Gasteiger partial charge on any atom is 0.309 e. The molecule has 1 N–H and O–H groups in total. The normalized spacial score (nSPS) is 46.5. The van der Waals surface area contributed by atoms with E-state index in [1.165, 1.54) is 44.1 Å². The third kappa shape index (κ3) is 3.57. The molecule has 1 spiro atoms. The molecule has 0 bridgehead atoms. The molecular formula is C29H46N2O2. The minimum Gasteiger partial charge on any atom is -0.461 e. The number of nitrogens with one attached hydrogen (secondary N) is 1. The van der Waals surface area contributed by atoms with Crippen LogP contribution in [0.1, 0.15) is 79.1 Å². The number of fused-ring (bicyclic) bond motifs is 4. The Morgan fingerprint density at radius 1 is 1.24 bits per heavy atom. The van der Waals surface area contributed by atoms with Crippen molar-refractivity contribution in [1.82, 2.24) is 10.2 Å². The molecule has 0 amide bonds. The van der Waals surface area contributed by atoms with Crippen molar-refractivity contribution in [3.05, 3.63) is 23.3 Å². The van der Waals surface area contributed by atoms with E-state index in [2.05, 4.69) is 58.1 Å². The summed E-state index contributed by atoms with van der Waals surface area (Å²) in [6, 6.07) is 1.20. The molecule has 0 aromatic carbocycles. The summed E-state index contributed by atoms with van der Waals surface area (Å²) in [5.41, 5.74) is 3.30. The number of ether oxygens (including phenoxy) is 1. The predicted molar refractivity (Wildman–Crippen MR) is 134 cm³/mol. The molecular weight excluding hydrogens is 408 g/mol. The Labute approximate surface area is 201 Å². The zero-order valence-corrected chi connectivity index (χ0v) is 21.8. The van der Waals surface area contributed by atoms with Crippen LogP contribution in [0, 0.1) is 34.5 Å². The average molecular weight is 455 g/mol. The molecule has 4 nitrogen and oxygen atoms in total. The fourth-order valence-electron chi connectivity index (χ4n) is 9.29. The van der Waals surface area contributed by atoms with Crippen molar-refractivity contribution in [3.63, 3.8) is 0 Å². The number of hydrogen-bond acceptors (Lipinski definition) is 4. The first-order valence-corrected chi connectivity index (χ1v) is 13.6. The van der Waals surface area contributed by atoms with Gasteiger partial charge in [0.1, 0.15) is 6.10 Å². The summed E-state index contributed by atoms with van der Waals surface area (Å²) >= 11 is 0. The van der Waals surface area contributed by atoms with Crippen LogP contribution in [-0.4, -0.2) is 49.7 Å². The van der Waals surface area contributed by atoms with Crippen molar-refractivity contribution in [3.8, 4) is 0 Å². The number of carbonyl (C=O) groups is 1. The molecule has 0 radical (unpaired) electrons. The lowest BCUT2D eigenvalue weighted by Gasteiger charge is -2.60. The first-order chi connectivity index (χ1) is 15.7. The lowest BCUT2D eigenvalue weighted by atomic mass is 9.46. The Balaban J connectivity index is 1.50. The summed E-state index contributed by atoms with van der Waals surface area (Å²) in [6.07, 6.45) is 13.8. The van der Waals surface area contributed by atoms with Crippen LogP contribution in [0.5, 0.6) is 0 Å². The Hall–Kier alpha value is -1.13. The molecule has 4 heteroatoms. The smallest absolute Gasteiger partial charge is 0.309 e. The highest BCUT2D eigenvalue weighted by Gasteiger charge is 2.68. The van der Waals surface area contributed by atoms with Gasteiger partial charge >= 0.3 is 5.97 Å². The molecule has 0 unspecified atom stereocenters. The highest BCUT2D eigenvalue weighted by molar-refractivity contribution is 5.71. The van der Waals surface area contributed by atoms with E-state index in [9.17, 15) is 4.79 Å². The Bertz CT molecular complexity index is 845. The second kappa shape index (κ2) is 8.52. The van der Waals surface area contributed by atoms with Crippen LogP contribution >= 0.6 is 0 Å². The van der Waals surface area contributed by atoms with Crippen molar-refractivity contribution < 1.29 is 9.53 Å². The van der Waals surface area contributed by atoms with E-state index in [0.29, 0.717) is 36.3 Å². The summed E-state index contributed by atoms with van der Waals surface area (Å²) in [7, 11) is 4.41. The van der Waals surface area contributed by atoms with E-state index in [0.717, 1.165) is 18.9 Å². The van der Waals surface area contributed by atoms with Crippen LogP contribution in [0.4, 0.5) is 0 Å². The van der Waals surface area contributed by atoms with Crippen molar-refractivity contribution >= 4 is 5.97 Å². The van der Waals surface area contributed by atoms with Gasteiger partial charge in [0.25, 0.3) is 0 Å². The van der Waals surface area contributed by atoms with Gasteiger partial charge in [-0.2, -0.15) is 0 Å². The van der Waals surface area contributed by atoms with Crippen LogP contribution in [0.15, 0.2) is 23.3 Å². The quantitative estimate of drug-likeness (QED) is 0.459. The van der Waals surface area contributed by atoms with Gasteiger partial charge in [-0.25, -0.2) is 0 Å². The van der Waals surface area contributed by atoms with Crippen LogP contribution in [0.3, 0.4) is 0 Å². The van der Waals surface area contributed by atoms with Gasteiger partial charge in [0, 0.05) is 24.0 Å². The number of hydrogen-bond donors (Lipinski definition) is 1. The third-order valence-corrected chi connectivity index (χ3v) is 11.1. The summed E-state index contributed by atoms with van der Waals surface area (Å²) < 4.78 is 6.53. The molecule has 184 valence electrons. The lowest BCUT2D eigenvalue weighted by Crippen LogP contribution is -2.59. The van der Waals surface area contributed by atoms with E-state index >= 15 is 0 Å². The van der Waals surface area contributed by atoms with Gasteiger partial charge in [0.2, 0.25) is 0 Å². The number of likely N-dealkylation sites (tertiary alicyclic amines) is 1. The molecule has 5 aliphatic rings. The number of nitrogens with zero attached hydrogens (tertiary/aromatic N) is 1. The van der Waals surface area contributed by atoms with Gasteiger partial charge in [0.05, 0.1) is 6.42 Å². The van der Waals surface area contributed by atoms with Crippen molar-refractivity contribution in [2.24, 2.45) is 34.5 Å². The van der Waals surface area contributed by atoms with E-state index in [1.54, 1.807) is 5.57 Å².